The zero-order valence-electron chi connectivity index (χ0n) is 9.81. The highest BCUT2D eigenvalue weighted by Crippen LogP contribution is 2.44. The lowest BCUT2D eigenvalue weighted by atomic mass is 9.98. The fraction of sp³-hybridized carbons (Fsp3) is 0.0714. The van der Waals surface area contributed by atoms with Crippen LogP contribution in [0.1, 0.15) is 15.9 Å². The van der Waals surface area contributed by atoms with Gasteiger partial charge < -0.3 is 0 Å². The smallest absolute Gasteiger partial charge is 0.150 e. The summed E-state index contributed by atoms with van der Waals surface area (Å²) in [5.41, 5.74) is 2.74. The lowest BCUT2D eigenvalue weighted by Gasteiger charge is -2.13. The Morgan fingerprint density at radius 1 is 0.947 bits per heavy atom. The van der Waals surface area contributed by atoms with Crippen molar-refractivity contribution in [3.63, 3.8) is 0 Å². The molecule has 0 N–H and O–H groups in total. The molecule has 0 amide bonds. The van der Waals surface area contributed by atoms with Gasteiger partial charge in [0.15, 0.2) is 0 Å². The molecule has 0 aromatic heterocycles. The van der Waals surface area contributed by atoms with Gasteiger partial charge in [0.05, 0.1) is 20.1 Å². The third-order valence-corrected chi connectivity index (χ3v) is 4.35. The number of aryl methyl sites for hydroxylation is 1. The molecule has 0 fully saturated rings. The van der Waals surface area contributed by atoms with E-state index in [0.717, 1.165) is 17.4 Å². The van der Waals surface area contributed by atoms with Crippen molar-refractivity contribution in [2.45, 2.75) is 6.92 Å². The van der Waals surface area contributed by atoms with Crippen LogP contribution < -0.4 is 0 Å². The van der Waals surface area contributed by atoms with E-state index < -0.39 is 0 Å². The van der Waals surface area contributed by atoms with Crippen LogP contribution in [0.15, 0.2) is 24.3 Å². The van der Waals surface area contributed by atoms with Crippen molar-refractivity contribution >= 4 is 52.7 Å². The van der Waals surface area contributed by atoms with Crippen molar-refractivity contribution in [1.29, 1.82) is 0 Å². The average Bonchev–Trinajstić information content (AvgIpc) is 2.39. The van der Waals surface area contributed by atoms with E-state index in [1.807, 2.05) is 13.0 Å². The van der Waals surface area contributed by atoms with Crippen molar-refractivity contribution in [1.82, 2.24) is 0 Å². The van der Waals surface area contributed by atoms with Crippen molar-refractivity contribution < 1.29 is 4.79 Å². The number of benzene rings is 2. The van der Waals surface area contributed by atoms with Crippen LogP contribution in [0.4, 0.5) is 0 Å². The van der Waals surface area contributed by atoms with Crippen molar-refractivity contribution in [3.8, 4) is 11.1 Å². The van der Waals surface area contributed by atoms with E-state index in [-0.39, 0.29) is 0 Å². The number of aldehydes is 1. The number of rotatable bonds is 2. The fourth-order valence-corrected chi connectivity index (χ4v) is 2.80. The van der Waals surface area contributed by atoms with Gasteiger partial charge in [-0.05, 0) is 30.2 Å². The molecule has 0 saturated heterocycles. The van der Waals surface area contributed by atoms with Gasteiger partial charge in [-0.2, -0.15) is 0 Å². The van der Waals surface area contributed by atoms with Crippen molar-refractivity contribution in [2.75, 3.05) is 0 Å². The average molecular weight is 334 g/mol. The molecule has 98 valence electrons. The Balaban J connectivity index is 2.82. The maximum atomic E-state index is 10.9. The zero-order valence-corrected chi connectivity index (χ0v) is 12.8. The van der Waals surface area contributed by atoms with Crippen LogP contribution in [0.3, 0.4) is 0 Å². The van der Waals surface area contributed by atoms with Gasteiger partial charge in [0, 0.05) is 11.1 Å². The minimum atomic E-state index is 0.321. The number of halogens is 4. The molecule has 0 aliphatic heterocycles. The van der Waals surface area contributed by atoms with Crippen molar-refractivity contribution in [3.05, 3.63) is 55.5 Å². The van der Waals surface area contributed by atoms with Crippen LogP contribution >= 0.6 is 46.4 Å². The summed E-state index contributed by atoms with van der Waals surface area (Å²) >= 11 is 24.5. The SMILES string of the molecule is Cc1ccc(C=O)cc1-c1c(Cl)c(Cl)cc(Cl)c1Cl. The minimum absolute atomic E-state index is 0.321. The molecule has 0 heterocycles. The number of hydrogen-bond donors (Lipinski definition) is 0. The highest BCUT2D eigenvalue weighted by molar-refractivity contribution is 6.50. The molecule has 2 rings (SSSR count). The summed E-state index contributed by atoms with van der Waals surface area (Å²) in [4.78, 5) is 10.9. The monoisotopic (exact) mass is 332 g/mol. The summed E-state index contributed by atoms with van der Waals surface area (Å²) < 4.78 is 0. The Labute approximate surface area is 131 Å². The van der Waals surface area contributed by atoms with Crippen LogP contribution in [0.25, 0.3) is 11.1 Å². The second kappa shape index (κ2) is 5.72. The first-order valence-corrected chi connectivity index (χ1v) is 6.86. The van der Waals surface area contributed by atoms with E-state index >= 15 is 0 Å². The first-order chi connectivity index (χ1) is 8.95. The van der Waals surface area contributed by atoms with E-state index in [4.69, 9.17) is 46.4 Å². The van der Waals surface area contributed by atoms with Gasteiger partial charge in [-0.15, -0.1) is 0 Å². The standard InChI is InChI=1S/C14H8Cl4O/c1-7-2-3-8(6-19)4-9(7)12-13(17)10(15)5-11(16)14(12)18/h2-6H,1H3. The van der Waals surface area contributed by atoms with Crippen LogP contribution in [0, 0.1) is 6.92 Å². The largest absolute Gasteiger partial charge is 0.298 e. The third-order valence-electron chi connectivity index (χ3n) is 2.78. The molecule has 19 heavy (non-hydrogen) atoms. The van der Waals surface area contributed by atoms with E-state index in [1.165, 1.54) is 6.07 Å². The van der Waals surface area contributed by atoms with Gasteiger partial charge in [0.1, 0.15) is 6.29 Å². The summed E-state index contributed by atoms with van der Waals surface area (Å²) in [6, 6.07) is 6.75. The number of carbonyl (C=O) groups excluding carboxylic acids is 1. The maximum Gasteiger partial charge on any atom is 0.150 e. The van der Waals surface area contributed by atoms with E-state index in [9.17, 15) is 4.79 Å². The highest BCUT2D eigenvalue weighted by atomic mass is 35.5. The molecule has 1 nitrogen and oxygen atoms in total. The second-order valence-electron chi connectivity index (χ2n) is 4.04. The van der Waals surface area contributed by atoms with Crippen LogP contribution in [-0.4, -0.2) is 6.29 Å². The Morgan fingerprint density at radius 3 is 2.05 bits per heavy atom. The molecule has 0 bridgehead atoms. The van der Waals surface area contributed by atoms with Gasteiger partial charge in [-0.1, -0.05) is 58.5 Å². The summed E-state index contributed by atoms with van der Waals surface area (Å²) in [6.45, 7) is 1.89. The van der Waals surface area contributed by atoms with Gasteiger partial charge in [0.25, 0.3) is 0 Å². The van der Waals surface area contributed by atoms with Crippen LogP contribution in [-0.2, 0) is 0 Å². The lowest BCUT2D eigenvalue weighted by molar-refractivity contribution is 0.112. The Morgan fingerprint density at radius 2 is 1.53 bits per heavy atom. The van der Waals surface area contributed by atoms with Gasteiger partial charge in [-0.25, -0.2) is 0 Å². The normalized spacial score (nSPS) is 10.6. The zero-order chi connectivity index (χ0) is 14.2. The lowest BCUT2D eigenvalue weighted by Crippen LogP contribution is -1.90. The predicted molar refractivity (Wildman–Crippen MR) is 82.0 cm³/mol. The predicted octanol–water partition coefficient (Wildman–Crippen LogP) is 6.09. The molecular weight excluding hydrogens is 326 g/mol. The maximum absolute atomic E-state index is 10.9. The minimum Gasteiger partial charge on any atom is -0.298 e. The topological polar surface area (TPSA) is 17.1 Å². The Bertz CT molecular complexity index is 639. The third kappa shape index (κ3) is 2.75. The first kappa shape index (κ1) is 14.7. The Hall–Kier alpha value is -0.730. The number of hydrogen-bond acceptors (Lipinski definition) is 1. The van der Waals surface area contributed by atoms with Gasteiger partial charge in [-0.3, -0.25) is 4.79 Å². The molecular formula is C14H8Cl4O. The van der Waals surface area contributed by atoms with Crippen LogP contribution in [0.5, 0.6) is 0 Å². The summed E-state index contributed by atoms with van der Waals surface area (Å²) in [7, 11) is 0. The molecule has 0 spiro atoms. The van der Waals surface area contributed by atoms with Gasteiger partial charge in [0.2, 0.25) is 0 Å². The first-order valence-electron chi connectivity index (χ1n) is 5.35. The van der Waals surface area contributed by atoms with Crippen LogP contribution in [0.2, 0.25) is 20.1 Å². The molecule has 2 aromatic rings. The van der Waals surface area contributed by atoms with E-state index in [1.54, 1.807) is 12.1 Å². The van der Waals surface area contributed by atoms with Gasteiger partial charge >= 0.3 is 0 Å². The second-order valence-corrected chi connectivity index (χ2v) is 5.61. The quantitative estimate of drug-likeness (QED) is 0.480. The highest BCUT2D eigenvalue weighted by Gasteiger charge is 2.17. The molecule has 0 atom stereocenters. The molecule has 2 aromatic carbocycles. The van der Waals surface area contributed by atoms with E-state index in [2.05, 4.69) is 0 Å². The molecule has 0 radical (unpaired) electrons. The summed E-state index contributed by atoms with van der Waals surface area (Å²) in [5.74, 6) is 0. The van der Waals surface area contributed by atoms with E-state index in [0.29, 0.717) is 31.2 Å². The summed E-state index contributed by atoms with van der Waals surface area (Å²) in [5, 5.41) is 1.29. The molecule has 0 aliphatic rings. The molecule has 0 saturated carbocycles. The fourth-order valence-electron chi connectivity index (χ4n) is 1.79. The summed E-state index contributed by atoms with van der Waals surface area (Å²) in [6.07, 6.45) is 0.761. The Kier molecular flexibility index (Phi) is 4.42. The number of carbonyl (C=O) groups is 1. The molecule has 5 heteroatoms. The molecule has 0 unspecified atom stereocenters. The molecule has 0 aliphatic carbocycles. The van der Waals surface area contributed by atoms with Crippen molar-refractivity contribution in [2.24, 2.45) is 0 Å².